The van der Waals surface area contributed by atoms with Crippen molar-refractivity contribution in [2.24, 2.45) is 0 Å². The molecule has 1 N–H and O–H groups in total. The monoisotopic (exact) mass is 398 g/mol. The van der Waals surface area contributed by atoms with Crippen molar-refractivity contribution in [3.63, 3.8) is 0 Å². The summed E-state index contributed by atoms with van der Waals surface area (Å²) in [6.07, 6.45) is 4.41. The number of nitrogens with zero attached hydrogens (tertiary/aromatic N) is 1. The van der Waals surface area contributed by atoms with Crippen molar-refractivity contribution >= 4 is 15.7 Å². The van der Waals surface area contributed by atoms with Crippen LogP contribution < -0.4 is 5.32 Å². The van der Waals surface area contributed by atoms with Crippen molar-refractivity contribution in [2.45, 2.75) is 29.9 Å². The SMILES string of the molecule is CC(C)c1ccc(S(=O)(=O)[C@@H](CNC(=O)c2cccnc2)c2ccco2)cc1. The lowest BCUT2D eigenvalue weighted by molar-refractivity contribution is 0.0953. The van der Waals surface area contributed by atoms with E-state index in [4.69, 9.17) is 4.42 Å². The lowest BCUT2D eigenvalue weighted by atomic mass is 10.0. The summed E-state index contributed by atoms with van der Waals surface area (Å²) in [7, 11) is -3.77. The minimum atomic E-state index is -3.77. The largest absolute Gasteiger partial charge is 0.468 e. The van der Waals surface area contributed by atoms with Gasteiger partial charge in [0.1, 0.15) is 11.0 Å². The van der Waals surface area contributed by atoms with Gasteiger partial charge in [0.15, 0.2) is 9.84 Å². The summed E-state index contributed by atoms with van der Waals surface area (Å²) < 4.78 is 31.8. The average molecular weight is 398 g/mol. The fraction of sp³-hybridized carbons (Fsp3) is 0.238. The van der Waals surface area contributed by atoms with Gasteiger partial charge >= 0.3 is 0 Å². The molecule has 7 heteroatoms. The Morgan fingerprint density at radius 2 is 1.86 bits per heavy atom. The molecule has 0 aliphatic heterocycles. The third-order valence-corrected chi connectivity index (χ3v) is 6.56. The summed E-state index contributed by atoms with van der Waals surface area (Å²) in [5.74, 6) is 0.186. The van der Waals surface area contributed by atoms with Gasteiger partial charge in [-0.25, -0.2) is 8.42 Å². The van der Waals surface area contributed by atoms with Gasteiger partial charge in [-0.2, -0.15) is 0 Å². The number of furan rings is 1. The van der Waals surface area contributed by atoms with Gasteiger partial charge in [-0.05, 0) is 47.9 Å². The van der Waals surface area contributed by atoms with E-state index in [1.807, 2.05) is 26.0 Å². The second-order valence-corrected chi connectivity index (χ2v) is 8.85. The van der Waals surface area contributed by atoms with Crippen molar-refractivity contribution in [2.75, 3.05) is 6.54 Å². The van der Waals surface area contributed by atoms with Gasteiger partial charge in [0.2, 0.25) is 0 Å². The van der Waals surface area contributed by atoms with E-state index in [-0.39, 0.29) is 17.2 Å². The topological polar surface area (TPSA) is 89.3 Å². The van der Waals surface area contributed by atoms with Gasteiger partial charge in [0, 0.05) is 18.9 Å². The van der Waals surface area contributed by atoms with Crippen molar-refractivity contribution in [1.82, 2.24) is 10.3 Å². The molecular formula is C21H22N2O4S. The second-order valence-electron chi connectivity index (χ2n) is 6.72. The van der Waals surface area contributed by atoms with Crippen molar-refractivity contribution < 1.29 is 17.6 Å². The Kier molecular flexibility index (Phi) is 5.94. The lowest BCUT2D eigenvalue weighted by Gasteiger charge is -2.17. The zero-order chi connectivity index (χ0) is 20.1. The number of hydrogen-bond acceptors (Lipinski definition) is 5. The standard InChI is InChI=1S/C21H22N2O4S/c1-15(2)16-7-9-18(10-8-16)28(25,26)20(19-6-4-12-27-19)14-23-21(24)17-5-3-11-22-13-17/h3-13,15,20H,14H2,1-2H3,(H,23,24)/t20-/m0/s1. The molecule has 0 aliphatic carbocycles. The van der Waals surface area contributed by atoms with Crippen LogP contribution in [0.2, 0.25) is 0 Å². The smallest absolute Gasteiger partial charge is 0.252 e. The number of pyridine rings is 1. The van der Waals surface area contributed by atoms with E-state index < -0.39 is 21.0 Å². The number of sulfone groups is 1. The van der Waals surface area contributed by atoms with Gasteiger partial charge in [-0.15, -0.1) is 0 Å². The zero-order valence-electron chi connectivity index (χ0n) is 15.7. The Morgan fingerprint density at radius 3 is 2.43 bits per heavy atom. The Balaban J connectivity index is 1.86. The Hall–Kier alpha value is -2.93. The highest BCUT2D eigenvalue weighted by Gasteiger charge is 2.32. The minimum Gasteiger partial charge on any atom is -0.468 e. The van der Waals surface area contributed by atoms with Crippen LogP contribution in [-0.2, 0) is 9.84 Å². The minimum absolute atomic E-state index is 0.116. The molecule has 0 saturated carbocycles. The van der Waals surface area contributed by atoms with Crippen LogP contribution in [-0.4, -0.2) is 25.9 Å². The molecule has 0 unspecified atom stereocenters. The van der Waals surface area contributed by atoms with E-state index in [0.29, 0.717) is 11.5 Å². The summed E-state index contributed by atoms with van der Waals surface area (Å²) >= 11 is 0. The number of amides is 1. The first-order valence-electron chi connectivity index (χ1n) is 8.95. The lowest BCUT2D eigenvalue weighted by Crippen LogP contribution is -2.31. The highest BCUT2D eigenvalue weighted by molar-refractivity contribution is 7.91. The van der Waals surface area contributed by atoms with Crippen LogP contribution in [0.5, 0.6) is 0 Å². The molecule has 3 aromatic rings. The van der Waals surface area contributed by atoms with Gasteiger partial charge in [0.05, 0.1) is 16.7 Å². The number of rotatable bonds is 7. The molecule has 0 bridgehead atoms. The van der Waals surface area contributed by atoms with Crippen molar-refractivity contribution in [1.29, 1.82) is 0 Å². The average Bonchev–Trinajstić information content (AvgIpc) is 3.23. The third kappa shape index (κ3) is 4.31. The molecule has 3 rings (SSSR count). The molecule has 0 aliphatic rings. The van der Waals surface area contributed by atoms with E-state index in [1.54, 1.807) is 42.6 Å². The molecule has 0 fully saturated rings. The zero-order valence-corrected chi connectivity index (χ0v) is 16.5. The fourth-order valence-corrected chi connectivity index (χ4v) is 4.42. The molecule has 146 valence electrons. The number of aromatic nitrogens is 1. The first-order chi connectivity index (χ1) is 13.4. The van der Waals surface area contributed by atoms with E-state index in [1.165, 1.54) is 12.5 Å². The second kappa shape index (κ2) is 8.39. The summed E-state index contributed by atoms with van der Waals surface area (Å²) in [6.45, 7) is 3.97. The van der Waals surface area contributed by atoms with Crippen molar-refractivity contribution in [3.05, 3.63) is 84.1 Å². The van der Waals surface area contributed by atoms with E-state index in [2.05, 4.69) is 10.3 Å². The van der Waals surface area contributed by atoms with Gasteiger partial charge in [0.25, 0.3) is 5.91 Å². The number of benzene rings is 1. The van der Waals surface area contributed by atoms with Crippen LogP contribution in [0, 0.1) is 0 Å². The van der Waals surface area contributed by atoms with Crippen LogP contribution >= 0.6 is 0 Å². The number of carbonyl (C=O) groups excluding carboxylic acids is 1. The Bertz CT molecular complexity index is 1010. The normalized spacial score (nSPS) is 12.7. The maximum atomic E-state index is 13.2. The van der Waals surface area contributed by atoms with Crippen molar-refractivity contribution in [3.8, 4) is 0 Å². The first-order valence-corrected chi connectivity index (χ1v) is 10.5. The molecule has 2 aromatic heterocycles. The van der Waals surface area contributed by atoms with Crippen LogP contribution in [0.4, 0.5) is 0 Å². The first kappa shape index (κ1) is 19.8. The van der Waals surface area contributed by atoms with Crippen LogP contribution in [0.3, 0.4) is 0 Å². The molecule has 0 radical (unpaired) electrons. The highest BCUT2D eigenvalue weighted by Crippen LogP contribution is 2.30. The van der Waals surface area contributed by atoms with E-state index in [9.17, 15) is 13.2 Å². The summed E-state index contributed by atoms with van der Waals surface area (Å²) in [5.41, 5.74) is 1.41. The van der Waals surface area contributed by atoms with Crippen LogP contribution in [0.25, 0.3) is 0 Å². The fourth-order valence-electron chi connectivity index (χ4n) is 2.83. The Morgan fingerprint density at radius 1 is 1.11 bits per heavy atom. The Labute approximate surface area is 164 Å². The van der Waals surface area contributed by atoms with Gasteiger partial charge in [-0.3, -0.25) is 9.78 Å². The van der Waals surface area contributed by atoms with Gasteiger partial charge in [-0.1, -0.05) is 26.0 Å². The summed E-state index contributed by atoms with van der Waals surface area (Å²) in [6, 6.07) is 13.3. The third-order valence-electron chi connectivity index (χ3n) is 4.48. The number of hydrogen-bond donors (Lipinski definition) is 1. The summed E-state index contributed by atoms with van der Waals surface area (Å²) in [5, 5.41) is 1.64. The highest BCUT2D eigenvalue weighted by atomic mass is 32.2. The molecule has 1 aromatic carbocycles. The molecule has 0 spiro atoms. The predicted molar refractivity (Wildman–Crippen MR) is 106 cm³/mol. The molecule has 0 saturated heterocycles. The quantitative estimate of drug-likeness (QED) is 0.655. The maximum absolute atomic E-state index is 13.2. The number of nitrogens with one attached hydrogen (secondary N) is 1. The molecule has 1 amide bonds. The van der Waals surface area contributed by atoms with Crippen LogP contribution in [0.15, 0.2) is 76.5 Å². The van der Waals surface area contributed by atoms with Gasteiger partial charge < -0.3 is 9.73 Å². The molecule has 1 atom stereocenters. The molecule has 6 nitrogen and oxygen atoms in total. The molecular weight excluding hydrogens is 376 g/mol. The maximum Gasteiger partial charge on any atom is 0.252 e. The summed E-state index contributed by atoms with van der Waals surface area (Å²) in [4.78, 5) is 16.4. The van der Waals surface area contributed by atoms with E-state index >= 15 is 0 Å². The predicted octanol–water partition coefficient (Wildman–Crippen LogP) is 3.74. The molecule has 28 heavy (non-hydrogen) atoms. The number of carbonyl (C=O) groups is 1. The molecule has 2 heterocycles. The van der Waals surface area contributed by atoms with E-state index in [0.717, 1.165) is 5.56 Å². The van der Waals surface area contributed by atoms with Crippen LogP contribution in [0.1, 0.15) is 46.7 Å².